The van der Waals surface area contributed by atoms with Gasteiger partial charge < -0.3 is 0 Å². The summed E-state index contributed by atoms with van der Waals surface area (Å²) >= 11 is 0. The summed E-state index contributed by atoms with van der Waals surface area (Å²) in [5, 5.41) is 12.8. The molecule has 0 aliphatic carbocycles. The average Bonchev–Trinajstić information content (AvgIpc) is 2.98. The SMILES string of the molecule is c1ccc2cc(-c3c4ccccc4c(-c4ccc5cc6ccccc6cc5c4)c4ccccc34)ccc2c1. The van der Waals surface area contributed by atoms with Crippen LogP contribution in [0.3, 0.4) is 0 Å². The third-order valence-electron chi connectivity index (χ3n) is 7.96. The van der Waals surface area contributed by atoms with E-state index >= 15 is 0 Å². The lowest BCUT2D eigenvalue weighted by Crippen LogP contribution is -1.91. The molecule has 0 radical (unpaired) electrons. The van der Waals surface area contributed by atoms with Crippen LogP contribution in [0.5, 0.6) is 0 Å². The molecular weight excluding hydrogens is 456 g/mol. The molecule has 0 unspecified atom stereocenters. The topological polar surface area (TPSA) is 0 Å². The zero-order chi connectivity index (χ0) is 25.1. The first-order valence-corrected chi connectivity index (χ1v) is 13.2. The van der Waals surface area contributed by atoms with E-state index in [1.54, 1.807) is 0 Å². The van der Waals surface area contributed by atoms with Crippen molar-refractivity contribution < 1.29 is 0 Å². The van der Waals surface area contributed by atoms with E-state index in [0.29, 0.717) is 0 Å². The van der Waals surface area contributed by atoms with E-state index in [0.717, 1.165) is 0 Å². The molecule has 0 nitrogen and oxygen atoms in total. The van der Waals surface area contributed by atoms with Crippen molar-refractivity contribution in [2.24, 2.45) is 0 Å². The maximum Gasteiger partial charge on any atom is -0.00262 e. The molecule has 0 aliphatic heterocycles. The predicted molar refractivity (Wildman–Crippen MR) is 165 cm³/mol. The van der Waals surface area contributed by atoms with Crippen molar-refractivity contribution in [1.82, 2.24) is 0 Å². The minimum atomic E-state index is 1.25. The Bertz CT molecular complexity index is 2130. The van der Waals surface area contributed by atoms with Gasteiger partial charge in [-0.05, 0) is 100 Å². The molecule has 0 spiro atoms. The minimum absolute atomic E-state index is 1.25. The van der Waals surface area contributed by atoms with Crippen LogP contribution < -0.4 is 0 Å². The molecule has 8 aromatic carbocycles. The van der Waals surface area contributed by atoms with Gasteiger partial charge in [0.05, 0.1) is 0 Å². The first-order valence-electron chi connectivity index (χ1n) is 13.2. The maximum atomic E-state index is 2.37. The largest absolute Gasteiger partial charge is 0.0616 e. The predicted octanol–water partition coefficient (Wildman–Crippen LogP) is 10.8. The fourth-order valence-corrected chi connectivity index (χ4v) is 6.19. The fraction of sp³-hybridized carbons (Fsp3) is 0. The van der Waals surface area contributed by atoms with E-state index in [1.165, 1.54) is 76.1 Å². The summed E-state index contributed by atoms with van der Waals surface area (Å²) < 4.78 is 0. The van der Waals surface area contributed by atoms with Gasteiger partial charge in [0, 0.05) is 0 Å². The van der Waals surface area contributed by atoms with Crippen LogP contribution in [0, 0.1) is 0 Å². The quantitative estimate of drug-likeness (QED) is 0.216. The number of hydrogen-bond donors (Lipinski definition) is 0. The molecule has 8 rings (SSSR count). The summed E-state index contributed by atoms with van der Waals surface area (Å²) in [4.78, 5) is 0. The highest BCUT2D eigenvalue weighted by atomic mass is 14.2. The molecule has 38 heavy (non-hydrogen) atoms. The van der Waals surface area contributed by atoms with E-state index in [1.807, 2.05) is 0 Å². The Morgan fingerprint density at radius 3 is 1.11 bits per heavy atom. The molecule has 0 saturated heterocycles. The number of fused-ring (bicyclic) bond motifs is 5. The van der Waals surface area contributed by atoms with Crippen LogP contribution in [0.2, 0.25) is 0 Å². The van der Waals surface area contributed by atoms with Crippen molar-refractivity contribution in [3.63, 3.8) is 0 Å². The van der Waals surface area contributed by atoms with Gasteiger partial charge in [0.15, 0.2) is 0 Å². The third kappa shape index (κ3) is 3.24. The molecule has 0 amide bonds. The Morgan fingerprint density at radius 2 is 0.579 bits per heavy atom. The van der Waals surface area contributed by atoms with Crippen molar-refractivity contribution >= 4 is 53.9 Å². The summed E-state index contributed by atoms with van der Waals surface area (Å²) in [5.41, 5.74) is 5.12. The molecule has 0 atom stereocenters. The summed E-state index contributed by atoms with van der Waals surface area (Å²) in [6.45, 7) is 0. The standard InChI is InChI=1S/C38H24/c1-2-10-26-22-30(19-17-25(26)9-1)37-33-13-5-7-15-35(33)38(36-16-8-6-14-34(36)37)31-20-18-29-21-27-11-3-4-12-28(27)23-32(29)24-31/h1-24H. The summed E-state index contributed by atoms with van der Waals surface area (Å²) in [6, 6.07) is 53.4. The first kappa shape index (κ1) is 21.2. The van der Waals surface area contributed by atoms with Gasteiger partial charge >= 0.3 is 0 Å². The molecule has 0 saturated carbocycles. The smallest absolute Gasteiger partial charge is 0.00262 e. The van der Waals surface area contributed by atoms with Crippen LogP contribution in [-0.4, -0.2) is 0 Å². The third-order valence-corrected chi connectivity index (χ3v) is 7.96. The van der Waals surface area contributed by atoms with Gasteiger partial charge in [-0.1, -0.05) is 121 Å². The molecular formula is C38H24. The lowest BCUT2D eigenvalue weighted by Gasteiger charge is -2.18. The minimum Gasteiger partial charge on any atom is -0.0616 e. The van der Waals surface area contributed by atoms with Crippen LogP contribution in [0.4, 0.5) is 0 Å². The molecule has 0 aromatic heterocycles. The van der Waals surface area contributed by atoms with Crippen LogP contribution in [-0.2, 0) is 0 Å². The summed E-state index contributed by atoms with van der Waals surface area (Å²) in [5.74, 6) is 0. The fourth-order valence-electron chi connectivity index (χ4n) is 6.19. The van der Waals surface area contributed by atoms with Gasteiger partial charge in [-0.2, -0.15) is 0 Å². The van der Waals surface area contributed by atoms with Crippen LogP contribution in [0.15, 0.2) is 146 Å². The van der Waals surface area contributed by atoms with Crippen molar-refractivity contribution in [1.29, 1.82) is 0 Å². The lowest BCUT2D eigenvalue weighted by molar-refractivity contribution is 1.68. The number of hydrogen-bond acceptors (Lipinski definition) is 0. The molecule has 0 bridgehead atoms. The maximum absolute atomic E-state index is 2.37. The Kier molecular flexibility index (Phi) is 4.62. The Balaban J connectivity index is 1.45. The van der Waals surface area contributed by atoms with Crippen molar-refractivity contribution in [2.45, 2.75) is 0 Å². The normalized spacial score (nSPS) is 11.7. The van der Waals surface area contributed by atoms with Crippen molar-refractivity contribution in [2.75, 3.05) is 0 Å². The Morgan fingerprint density at radius 1 is 0.237 bits per heavy atom. The molecule has 176 valence electrons. The summed E-state index contributed by atoms with van der Waals surface area (Å²) in [6.07, 6.45) is 0. The van der Waals surface area contributed by atoms with Crippen molar-refractivity contribution in [3.05, 3.63) is 146 Å². The molecule has 0 heterocycles. The van der Waals surface area contributed by atoms with E-state index in [9.17, 15) is 0 Å². The zero-order valence-electron chi connectivity index (χ0n) is 20.9. The molecule has 0 aliphatic rings. The molecule has 0 heteroatoms. The van der Waals surface area contributed by atoms with Gasteiger partial charge in [0.2, 0.25) is 0 Å². The highest BCUT2D eigenvalue weighted by Crippen LogP contribution is 2.44. The van der Waals surface area contributed by atoms with Gasteiger partial charge in [-0.15, -0.1) is 0 Å². The van der Waals surface area contributed by atoms with Crippen LogP contribution >= 0.6 is 0 Å². The van der Waals surface area contributed by atoms with Gasteiger partial charge in [0.1, 0.15) is 0 Å². The Hall–Kier alpha value is -4.94. The number of benzene rings is 8. The highest BCUT2D eigenvalue weighted by Gasteiger charge is 2.17. The number of rotatable bonds is 2. The van der Waals surface area contributed by atoms with Gasteiger partial charge in [-0.3, -0.25) is 0 Å². The highest BCUT2D eigenvalue weighted by molar-refractivity contribution is 6.22. The van der Waals surface area contributed by atoms with Crippen LogP contribution in [0.1, 0.15) is 0 Å². The van der Waals surface area contributed by atoms with E-state index in [-0.39, 0.29) is 0 Å². The van der Waals surface area contributed by atoms with Gasteiger partial charge in [0.25, 0.3) is 0 Å². The molecule has 8 aromatic rings. The second-order valence-electron chi connectivity index (χ2n) is 10.2. The zero-order valence-corrected chi connectivity index (χ0v) is 20.9. The van der Waals surface area contributed by atoms with Gasteiger partial charge in [-0.25, -0.2) is 0 Å². The lowest BCUT2D eigenvalue weighted by atomic mass is 9.85. The van der Waals surface area contributed by atoms with E-state index in [2.05, 4.69) is 146 Å². The average molecular weight is 481 g/mol. The monoisotopic (exact) mass is 480 g/mol. The molecule has 0 fully saturated rings. The van der Waals surface area contributed by atoms with E-state index < -0.39 is 0 Å². The van der Waals surface area contributed by atoms with E-state index in [4.69, 9.17) is 0 Å². The second-order valence-corrected chi connectivity index (χ2v) is 10.2. The summed E-state index contributed by atoms with van der Waals surface area (Å²) in [7, 11) is 0. The Labute approximate surface area is 221 Å². The van der Waals surface area contributed by atoms with Crippen LogP contribution in [0.25, 0.3) is 76.1 Å². The second kappa shape index (κ2) is 8.30. The molecule has 0 N–H and O–H groups in total. The van der Waals surface area contributed by atoms with Crippen molar-refractivity contribution in [3.8, 4) is 22.3 Å². The first-order chi connectivity index (χ1) is 18.8.